The minimum absolute atomic E-state index is 0.0424. The second-order valence-corrected chi connectivity index (χ2v) is 5.43. The van der Waals surface area contributed by atoms with E-state index in [9.17, 15) is 14.4 Å². The first-order valence-corrected chi connectivity index (χ1v) is 6.94. The molecule has 0 bridgehead atoms. The standard InChI is InChI=1S/C13H23N3O4/c1-3-7(2)10(16-13(14)20)11(17)15-9-5-4-8(6-9)12(18)19/h7-10H,3-6H2,1-2H3,(H,15,17)(H,18,19)(H3,14,16,20)/t7?,8-,9+,10?/m1/s1. The number of carboxylic acids is 1. The molecule has 4 atom stereocenters. The van der Waals surface area contributed by atoms with Crippen molar-refractivity contribution in [1.82, 2.24) is 10.6 Å². The number of primary amides is 1. The van der Waals surface area contributed by atoms with E-state index in [-0.39, 0.29) is 17.9 Å². The Kier molecular flexibility index (Phi) is 5.79. The van der Waals surface area contributed by atoms with Gasteiger partial charge in [-0.25, -0.2) is 4.79 Å². The van der Waals surface area contributed by atoms with Gasteiger partial charge in [-0.1, -0.05) is 20.3 Å². The maximum Gasteiger partial charge on any atom is 0.312 e. The average Bonchev–Trinajstić information content (AvgIpc) is 2.83. The molecule has 2 unspecified atom stereocenters. The van der Waals surface area contributed by atoms with Gasteiger partial charge < -0.3 is 21.5 Å². The lowest BCUT2D eigenvalue weighted by Crippen LogP contribution is -2.53. The van der Waals surface area contributed by atoms with Gasteiger partial charge in [0.1, 0.15) is 6.04 Å². The van der Waals surface area contributed by atoms with E-state index in [1.54, 1.807) is 0 Å². The highest BCUT2D eigenvalue weighted by molar-refractivity contribution is 5.87. The van der Waals surface area contributed by atoms with Crippen molar-refractivity contribution in [2.24, 2.45) is 17.6 Å². The molecule has 0 saturated heterocycles. The summed E-state index contributed by atoms with van der Waals surface area (Å²) in [6.07, 6.45) is 2.37. The van der Waals surface area contributed by atoms with Crippen LogP contribution in [0.3, 0.4) is 0 Å². The van der Waals surface area contributed by atoms with E-state index in [2.05, 4.69) is 10.6 Å². The molecule has 0 aromatic carbocycles. The summed E-state index contributed by atoms with van der Waals surface area (Å²) in [5.74, 6) is -1.56. The lowest BCUT2D eigenvalue weighted by molar-refractivity contribution is -0.141. The molecule has 0 aromatic heterocycles. The second kappa shape index (κ2) is 7.12. The van der Waals surface area contributed by atoms with Gasteiger partial charge in [-0.05, 0) is 25.2 Å². The van der Waals surface area contributed by atoms with Gasteiger partial charge in [0, 0.05) is 6.04 Å². The molecule has 1 aliphatic rings. The third-order valence-electron chi connectivity index (χ3n) is 3.92. The van der Waals surface area contributed by atoms with Crippen LogP contribution in [0, 0.1) is 11.8 Å². The molecule has 0 aromatic rings. The Bertz CT molecular complexity index is 386. The molecular formula is C13H23N3O4. The predicted molar refractivity (Wildman–Crippen MR) is 72.9 cm³/mol. The Labute approximate surface area is 118 Å². The predicted octanol–water partition coefficient (Wildman–Crippen LogP) is 0.439. The summed E-state index contributed by atoms with van der Waals surface area (Å²) < 4.78 is 0. The number of carboxylic acid groups (broad SMARTS) is 1. The molecule has 1 saturated carbocycles. The van der Waals surface area contributed by atoms with Gasteiger partial charge in [-0.15, -0.1) is 0 Å². The molecule has 5 N–H and O–H groups in total. The monoisotopic (exact) mass is 285 g/mol. The summed E-state index contributed by atoms with van der Waals surface area (Å²) in [5.41, 5.74) is 5.09. The highest BCUT2D eigenvalue weighted by Crippen LogP contribution is 2.25. The molecule has 0 spiro atoms. The lowest BCUT2D eigenvalue weighted by Gasteiger charge is -2.24. The Morgan fingerprint density at radius 2 is 2.00 bits per heavy atom. The van der Waals surface area contributed by atoms with Gasteiger partial charge in [-0.2, -0.15) is 0 Å². The SMILES string of the molecule is CCC(C)C(NC(N)=O)C(=O)N[C@H]1CC[C@@H](C(=O)O)C1. The van der Waals surface area contributed by atoms with Crippen LogP contribution in [-0.2, 0) is 9.59 Å². The smallest absolute Gasteiger partial charge is 0.312 e. The fourth-order valence-electron chi connectivity index (χ4n) is 2.48. The first-order valence-electron chi connectivity index (χ1n) is 6.94. The van der Waals surface area contributed by atoms with Gasteiger partial charge in [0.2, 0.25) is 5.91 Å². The van der Waals surface area contributed by atoms with Crippen molar-refractivity contribution in [3.63, 3.8) is 0 Å². The number of nitrogens with one attached hydrogen (secondary N) is 2. The molecule has 0 aliphatic heterocycles. The largest absolute Gasteiger partial charge is 0.481 e. The van der Waals surface area contributed by atoms with Crippen molar-refractivity contribution >= 4 is 17.9 Å². The number of carbonyl (C=O) groups is 3. The molecular weight excluding hydrogens is 262 g/mol. The Morgan fingerprint density at radius 1 is 1.35 bits per heavy atom. The molecule has 7 heteroatoms. The lowest BCUT2D eigenvalue weighted by atomic mass is 9.98. The van der Waals surface area contributed by atoms with Crippen LogP contribution >= 0.6 is 0 Å². The van der Waals surface area contributed by atoms with Crippen molar-refractivity contribution in [2.75, 3.05) is 0 Å². The Hall–Kier alpha value is -1.79. The zero-order valence-electron chi connectivity index (χ0n) is 11.9. The third-order valence-corrected chi connectivity index (χ3v) is 3.92. The number of nitrogens with two attached hydrogens (primary N) is 1. The summed E-state index contributed by atoms with van der Waals surface area (Å²) in [7, 11) is 0. The van der Waals surface area contributed by atoms with E-state index in [0.29, 0.717) is 19.3 Å². The van der Waals surface area contributed by atoms with Crippen molar-refractivity contribution in [3.05, 3.63) is 0 Å². The quantitative estimate of drug-likeness (QED) is 0.565. The summed E-state index contributed by atoms with van der Waals surface area (Å²) in [5, 5.41) is 14.2. The Morgan fingerprint density at radius 3 is 2.45 bits per heavy atom. The molecule has 20 heavy (non-hydrogen) atoms. The molecule has 7 nitrogen and oxygen atoms in total. The van der Waals surface area contributed by atoms with E-state index in [1.807, 2.05) is 13.8 Å². The van der Waals surface area contributed by atoms with Gasteiger partial charge in [0.05, 0.1) is 5.92 Å². The van der Waals surface area contributed by atoms with E-state index < -0.39 is 24.0 Å². The van der Waals surface area contributed by atoms with Crippen molar-refractivity contribution in [1.29, 1.82) is 0 Å². The van der Waals surface area contributed by atoms with E-state index in [0.717, 1.165) is 6.42 Å². The summed E-state index contributed by atoms with van der Waals surface area (Å²) in [6, 6.07) is -1.56. The van der Waals surface area contributed by atoms with Gasteiger partial charge >= 0.3 is 12.0 Å². The average molecular weight is 285 g/mol. The molecule has 1 rings (SSSR count). The van der Waals surface area contributed by atoms with Crippen LogP contribution in [0.1, 0.15) is 39.5 Å². The van der Waals surface area contributed by atoms with E-state index in [1.165, 1.54) is 0 Å². The van der Waals surface area contributed by atoms with Crippen LogP contribution in [-0.4, -0.2) is 35.1 Å². The van der Waals surface area contributed by atoms with Crippen LogP contribution in [0.5, 0.6) is 0 Å². The van der Waals surface area contributed by atoms with Gasteiger partial charge in [-0.3, -0.25) is 9.59 Å². The van der Waals surface area contributed by atoms with Gasteiger partial charge in [0.25, 0.3) is 0 Å². The first-order chi connectivity index (χ1) is 9.35. The number of amides is 3. The molecule has 0 radical (unpaired) electrons. The Balaban J connectivity index is 2.58. The van der Waals surface area contributed by atoms with Crippen LogP contribution in [0.4, 0.5) is 4.79 Å². The zero-order valence-corrected chi connectivity index (χ0v) is 11.9. The van der Waals surface area contributed by atoms with Crippen molar-refractivity contribution < 1.29 is 19.5 Å². The number of hydrogen-bond acceptors (Lipinski definition) is 3. The maximum atomic E-state index is 12.2. The van der Waals surface area contributed by atoms with Crippen LogP contribution < -0.4 is 16.4 Å². The number of rotatable bonds is 6. The van der Waals surface area contributed by atoms with Gasteiger partial charge in [0.15, 0.2) is 0 Å². The first kappa shape index (κ1) is 16.3. The summed E-state index contributed by atoms with van der Waals surface area (Å²) in [6.45, 7) is 3.78. The molecule has 0 heterocycles. The highest BCUT2D eigenvalue weighted by atomic mass is 16.4. The normalized spacial score (nSPS) is 24.7. The molecule has 1 fully saturated rings. The number of urea groups is 1. The molecule has 114 valence electrons. The van der Waals surface area contributed by atoms with Crippen molar-refractivity contribution in [2.45, 2.75) is 51.6 Å². The zero-order chi connectivity index (χ0) is 15.3. The fraction of sp³-hybridized carbons (Fsp3) is 0.769. The second-order valence-electron chi connectivity index (χ2n) is 5.43. The number of aliphatic carboxylic acids is 1. The van der Waals surface area contributed by atoms with Crippen LogP contribution in [0.15, 0.2) is 0 Å². The fourth-order valence-corrected chi connectivity index (χ4v) is 2.48. The maximum absolute atomic E-state index is 12.2. The number of hydrogen-bond donors (Lipinski definition) is 4. The van der Waals surface area contributed by atoms with Crippen LogP contribution in [0.2, 0.25) is 0 Å². The third kappa shape index (κ3) is 4.40. The minimum Gasteiger partial charge on any atom is -0.481 e. The number of carbonyl (C=O) groups excluding carboxylic acids is 2. The topological polar surface area (TPSA) is 122 Å². The van der Waals surface area contributed by atoms with Crippen LogP contribution in [0.25, 0.3) is 0 Å². The van der Waals surface area contributed by atoms with Crippen molar-refractivity contribution in [3.8, 4) is 0 Å². The minimum atomic E-state index is -0.824. The van der Waals surface area contributed by atoms with E-state index in [4.69, 9.17) is 10.8 Å². The molecule has 1 aliphatic carbocycles. The summed E-state index contributed by atoms with van der Waals surface area (Å²) >= 11 is 0. The highest BCUT2D eigenvalue weighted by Gasteiger charge is 2.33. The van der Waals surface area contributed by atoms with E-state index >= 15 is 0 Å². The summed E-state index contributed by atoms with van der Waals surface area (Å²) in [4.78, 5) is 34.0. The molecule has 3 amide bonds.